The van der Waals surface area contributed by atoms with Crippen LogP contribution < -0.4 is 14.4 Å². The Labute approximate surface area is 167 Å². The lowest BCUT2D eigenvalue weighted by molar-refractivity contribution is -0.119. The number of hydrogen-bond acceptors (Lipinski definition) is 4. The Kier molecular flexibility index (Phi) is 7.07. The lowest BCUT2D eigenvalue weighted by Gasteiger charge is -2.26. The topological polar surface area (TPSA) is 75.7 Å². The van der Waals surface area contributed by atoms with E-state index in [1.807, 2.05) is 64.1 Å². The fraction of sp³-hybridized carbons (Fsp3) is 0.381. The minimum atomic E-state index is -3.62. The van der Waals surface area contributed by atoms with Crippen molar-refractivity contribution in [3.8, 4) is 5.75 Å². The average Bonchev–Trinajstić information content (AvgIpc) is 2.58. The summed E-state index contributed by atoms with van der Waals surface area (Å²) in [5.74, 6) is 0.326. The van der Waals surface area contributed by atoms with Crippen LogP contribution in [0.3, 0.4) is 0 Å². The van der Waals surface area contributed by atoms with Crippen molar-refractivity contribution >= 4 is 21.6 Å². The monoisotopic (exact) mass is 404 g/mol. The molecule has 0 aliphatic carbocycles. The highest BCUT2D eigenvalue weighted by Gasteiger charge is 2.24. The van der Waals surface area contributed by atoms with Gasteiger partial charge in [0.05, 0.1) is 18.6 Å². The van der Waals surface area contributed by atoms with Gasteiger partial charge in [-0.1, -0.05) is 35.9 Å². The third-order valence-electron chi connectivity index (χ3n) is 4.32. The van der Waals surface area contributed by atoms with Crippen LogP contribution in [-0.4, -0.2) is 33.7 Å². The summed E-state index contributed by atoms with van der Waals surface area (Å²) in [7, 11) is -3.62. The SMILES string of the molecule is CCOc1ccccc1CNC(=O)CN(c1c(C)cc(C)cc1C)S(C)(=O)=O. The van der Waals surface area contributed by atoms with Crippen LogP contribution >= 0.6 is 0 Å². The first kappa shape index (κ1) is 21.8. The van der Waals surface area contributed by atoms with Gasteiger partial charge in [-0.25, -0.2) is 8.42 Å². The fourth-order valence-corrected chi connectivity index (χ4v) is 4.23. The van der Waals surface area contributed by atoms with Crippen LogP contribution in [0, 0.1) is 20.8 Å². The molecule has 0 aliphatic rings. The number of carbonyl (C=O) groups is 1. The number of hydrogen-bond donors (Lipinski definition) is 1. The van der Waals surface area contributed by atoms with Crippen molar-refractivity contribution in [2.75, 3.05) is 23.7 Å². The number of rotatable bonds is 8. The van der Waals surface area contributed by atoms with Crippen LogP contribution in [0.5, 0.6) is 5.75 Å². The second-order valence-electron chi connectivity index (χ2n) is 6.83. The summed E-state index contributed by atoms with van der Waals surface area (Å²) in [6.45, 7) is 8.06. The first-order valence-electron chi connectivity index (χ1n) is 9.16. The number of nitrogens with one attached hydrogen (secondary N) is 1. The predicted molar refractivity (Wildman–Crippen MR) is 112 cm³/mol. The highest BCUT2D eigenvalue weighted by atomic mass is 32.2. The zero-order chi connectivity index (χ0) is 20.9. The van der Waals surface area contributed by atoms with Crippen molar-refractivity contribution < 1.29 is 17.9 Å². The Hall–Kier alpha value is -2.54. The maximum atomic E-state index is 12.5. The molecule has 1 N–H and O–H groups in total. The first-order valence-corrected chi connectivity index (χ1v) is 11.0. The number of para-hydroxylation sites is 1. The molecule has 7 heteroatoms. The maximum Gasteiger partial charge on any atom is 0.241 e. The highest BCUT2D eigenvalue weighted by Crippen LogP contribution is 2.28. The van der Waals surface area contributed by atoms with E-state index in [2.05, 4.69) is 5.32 Å². The van der Waals surface area contributed by atoms with Gasteiger partial charge in [-0.05, 0) is 44.9 Å². The minimum absolute atomic E-state index is 0.262. The van der Waals surface area contributed by atoms with E-state index in [1.54, 1.807) is 0 Å². The smallest absolute Gasteiger partial charge is 0.241 e. The summed E-state index contributed by atoms with van der Waals surface area (Å²) in [6, 6.07) is 11.3. The number of ether oxygens (including phenoxy) is 1. The van der Waals surface area contributed by atoms with Gasteiger partial charge in [0.2, 0.25) is 15.9 Å². The van der Waals surface area contributed by atoms with Crippen molar-refractivity contribution in [2.45, 2.75) is 34.2 Å². The quantitative estimate of drug-likeness (QED) is 0.734. The standard InChI is InChI=1S/C21H28N2O4S/c1-6-27-19-10-8-7-9-18(19)13-22-20(24)14-23(28(5,25)26)21-16(3)11-15(2)12-17(21)4/h7-12H,6,13-14H2,1-5H3,(H,22,24). The second-order valence-corrected chi connectivity index (χ2v) is 8.74. The Morgan fingerprint density at radius 2 is 1.71 bits per heavy atom. The first-order chi connectivity index (χ1) is 13.1. The molecule has 2 rings (SSSR count). The molecule has 0 saturated heterocycles. The number of anilines is 1. The van der Waals surface area contributed by atoms with E-state index >= 15 is 0 Å². The molecule has 2 aromatic carbocycles. The molecular weight excluding hydrogens is 376 g/mol. The molecule has 0 radical (unpaired) electrons. The zero-order valence-corrected chi connectivity index (χ0v) is 17.9. The van der Waals surface area contributed by atoms with Crippen molar-refractivity contribution in [2.24, 2.45) is 0 Å². The van der Waals surface area contributed by atoms with Crippen molar-refractivity contribution in [3.63, 3.8) is 0 Å². The number of carbonyl (C=O) groups excluding carboxylic acids is 1. The Morgan fingerprint density at radius 3 is 2.29 bits per heavy atom. The average molecular weight is 405 g/mol. The molecule has 0 bridgehead atoms. The molecule has 0 fully saturated rings. The van der Waals surface area contributed by atoms with Crippen LogP contribution in [0.1, 0.15) is 29.2 Å². The summed E-state index contributed by atoms with van der Waals surface area (Å²) in [5.41, 5.74) is 4.07. The molecule has 6 nitrogen and oxygen atoms in total. The Bertz CT molecular complexity index is 932. The molecular formula is C21H28N2O4S. The van der Waals surface area contributed by atoms with Gasteiger partial charge in [0.1, 0.15) is 12.3 Å². The summed E-state index contributed by atoms with van der Waals surface area (Å²) in [6.07, 6.45) is 1.11. The third-order valence-corrected chi connectivity index (χ3v) is 5.43. The summed E-state index contributed by atoms with van der Waals surface area (Å²) < 4.78 is 31.5. The minimum Gasteiger partial charge on any atom is -0.494 e. The summed E-state index contributed by atoms with van der Waals surface area (Å²) in [4.78, 5) is 12.5. The molecule has 1 amide bonds. The lowest BCUT2D eigenvalue weighted by Crippen LogP contribution is -2.40. The normalized spacial score (nSPS) is 11.2. The molecule has 0 atom stereocenters. The molecule has 0 spiro atoms. The molecule has 0 heterocycles. The van der Waals surface area contributed by atoms with Crippen LogP contribution in [-0.2, 0) is 21.4 Å². The largest absolute Gasteiger partial charge is 0.494 e. The Balaban J connectivity index is 2.20. The van der Waals surface area contributed by atoms with Gasteiger partial charge in [-0.2, -0.15) is 0 Å². The molecule has 0 saturated carbocycles. The van der Waals surface area contributed by atoms with Gasteiger partial charge in [0.25, 0.3) is 0 Å². The number of sulfonamides is 1. The van der Waals surface area contributed by atoms with Crippen LogP contribution in [0.4, 0.5) is 5.69 Å². The summed E-state index contributed by atoms with van der Waals surface area (Å²) in [5, 5.41) is 2.80. The fourth-order valence-electron chi connectivity index (χ4n) is 3.25. The molecule has 152 valence electrons. The van der Waals surface area contributed by atoms with E-state index in [1.165, 1.54) is 4.31 Å². The van der Waals surface area contributed by atoms with E-state index < -0.39 is 10.0 Å². The van der Waals surface area contributed by atoms with E-state index in [4.69, 9.17) is 4.74 Å². The highest BCUT2D eigenvalue weighted by molar-refractivity contribution is 7.92. The molecule has 0 aromatic heterocycles. The van der Waals surface area contributed by atoms with Gasteiger partial charge in [0, 0.05) is 12.1 Å². The van der Waals surface area contributed by atoms with Gasteiger partial charge >= 0.3 is 0 Å². The van der Waals surface area contributed by atoms with E-state index in [0.717, 1.165) is 28.5 Å². The van der Waals surface area contributed by atoms with E-state index in [9.17, 15) is 13.2 Å². The van der Waals surface area contributed by atoms with Crippen LogP contribution in [0.2, 0.25) is 0 Å². The van der Waals surface area contributed by atoms with Crippen LogP contribution in [0.25, 0.3) is 0 Å². The van der Waals surface area contributed by atoms with E-state index in [0.29, 0.717) is 18.0 Å². The van der Waals surface area contributed by atoms with Gasteiger partial charge in [0.15, 0.2) is 0 Å². The second kappa shape index (κ2) is 9.10. The molecule has 28 heavy (non-hydrogen) atoms. The Morgan fingerprint density at radius 1 is 1.11 bits per heavy atom. The third kappa shape index (κ3) is 5.48. The molecule has 2 aromatic rings. The lowest BCUT2D eigenvalue weighted by atomic mass is 10.1. The molecule has 0 aliphatic heterocycles. The number of aryl methyl sites for hydroxylation is 3. The van der Waals surface area contributed by atoms with Crippen LogP contribution in [0.15, 0.2) is 36.4 Å². The number of benzene rings is 2. The maximum absolute atomic E-state index is 12.5. The van der Waals surface area contributed by atoms with Gasteiger partial charge in [-0.3, -0.25) is 9.10 Å². The summed E-state index contributed by atoms with van der Waals surface area (Å²) >= 11 is 0. The number of nitrogens with zero attached hydrogens (tertiary/aromatic N) is 1. The van der Waals surface area contributed by atoms with Gasteiger partial charge in [-0.15, -0.1) is 0 Å². The van der Waals surface area contributed by atoms with Crippen molar-refractivity contribution in [3.05, 3.63) is 58.7 Å². The number of amides is 1. The van der Waals surface area contributed by atoms with Crippen molar-refractivity contribution in [1.29, 1.82) is 0 Å². The van der Waals surface area contributed by atoms with E-state index in [-0.39, 0.29) is 19.0 Å². The zero-order valence-electron chi connectivity index (χ0n) is 17.1. The molecule has 0 unspecified atom stereocenters. The van der Waals surface area contributed by atoms with Gasteiger partial charge < -0.3 is 10.1 Å². The predicted octanol–water partition coefficient (Wildman–Crippen LogP) is 3.09. The van der Waals surface area contributed by atoms with Crippen molar-refractivity contribution in [1.82, 2.24) is 5.32 Å².